The van der Waals surface area contributed by atoms with Crippen molar-refractivity contribution in [3.05, 3.63) is 83.9 Å². The lowest BCUT2D eigenvalue weighted by atomic mass is 9.40. The number of likely N-dealkylation sites (tertiary alicyclic amines) is 2. The number of amides is 4. The van der Waals surface area contributed by atoms with Crippen molar-refractivity contribution in [1.29, 1.82) is 0 Å². The zero-order valence-electron chi connectivity index (χ0n) is 18.5. The molecule has 4 fully saturated rings. The Labute approximate surface area is 197 Å². The van der Waals surface area contributed by atoms with Gasteiger partial charge in [0.25, 0.3) is 0 Å². The van der Waals surface area contributed by atoms with Crippen molar-refractivity contribution < 1.29 is 19.2 Å². The summed E-state index contributed by atoms with van der Waals surface area (Å²) in [6, 6.07) is 19.1. The highest BCUT2D eigenvalue weighted by Crippen LogP contribution is 2.68. The predicted molar refractivity (Wildman–Crippen MR) is 121 cm³/mol. The molecule has 2 heterocycles. The molecule has 170 valence electrons. The molecule has 8 atom stereocenters. The summed E-state index contributed by atoms with van der Waals surface area (Å²) in [6.07, 6.45) is 4.11. The Morgan fingerprint density at radius 3 is 1.24 bits per heavy atom. The normalized spacial score (nSPS) is 37.1. The standard InChI is InChI=1S/C28H24N2O4/c31-25-21-17-11-12-18(22(21)26(32)29(25)13-15-7-3-1-4-8-15)20-19(17)23-24(20)28(34)30(27(23)33)14-16-9-5-2-6-10-16/h1-12,17-24H,13-14H2/t17-,18+,19-,20-,21+,22+,23-,24-/m1/s1. The third kappa shape index (κ3) is 2.46. The summed E-state index contributed by atoms with van der Waals surface area (Å²) < 4.78 is 0. The maximum Gasteiger partial charge on any atom is 0.234 e. The zero-order chi connectivity index (χ0) is 23.1. The minimum Gasteiger partial charge on any atom is -0.278 e. The summed E-state index contributed by atoms with van der Waals surface area (Å²) in [6.45, 7) is 0.555. The Morgan fingerprint density at radius 1 is 0.500 bits per heavy atom. The molecule has 2 aromatic carbocycles. The lowest BCUT2D eigenvalue weighted by molar-refractivity contribution is -0.166. The molecule has 6 nitrogen and oxygen atoms in total. The number of carbonyl (C=O) groups is 4. The maximum absolute atomic E-state index is 13.5. The molecule has 0 aromatic heterocycles. The number of carbonyl (C=O) groups excluding carboxylic acids is 4. The van der Waals surface area contributed by atoms with Crippen LogP contribution in [-0.2, 0) is 32.3 Å². The average molecular weight is 453 g/mol. The van der Waals surface area contributed by atoms with Crippen molar-refractivity contribution in [2.45, 2.75) is 13.1 Å². The van der Waals surface area contributed by atoms with Crippen LogP contribution in [0.1, 0.15) is 11.1 Å². The molecule has 2 aliphatic heterocycles. The van der Waals surface area contributed by atoms with Crippen LogP contribution in [0, 0.1) is 47.3 Å². The summed E-state index contributed by atoms with van der Waals surface area (Å²) in [7, 11) is 0. The van der Waals surface area contributed by atoms with Crippen LogP contribution < -0.4 is 0 Å². The molecule has 0 spiro atoms. The van der Waals surface area contributed by atoms with Crippen molar-refractivity contribution in [2.24, 2.45) is 47.3 Å². The van der Waals surface area contributed by atoms with Gasteiger partial charge in [-0.1, -0.05) is 72.8 Å². The fraction of sp³-hybridized carbons (Fsp3) is 0.357. The SMILES string of the molecule is O=C1[C@H]2[C@H]3C=C[C@@H]([C@@H]2C(=O)N1Cc1ccccc1)[C@H]1[C@H]2C(=O)N(Cc4ccccc4)C(=O)[C@@H]2[C@H]31. The summed E-state index contributed by atoms with van der Waals surface area (Å²) in [4.78, 5) is 56.5. The second-order valence-corrected chi connectivity index (χ2v) is 10.3. The molecule has 0 radical (unpaired) electrons. The largest absolute Gasteiger partial charge is 0.278 e. The average Bonchev–Trinajstić information content (AvgIpc) is 3.21. The van der Waals surface area contributed by atoms with E-state index in [9.17, 15) is 19.2 Å². The van der Waals surface area contributed by atoms with Gasteiger partial charge in [-0.25, -0.2) is 0 Å². The van der Waals surface area contributed by atoms with Gasteiger partial charge in [-0.05, 0) is 34.8 Å². The fourth-order valence-corrected chi connectivity index (χ4v) is 7.57. The van der Waals surface area contributed by atoms with Crippen molar-refractivity contribution in [3.63, 3.8) is 0 Å². The van der Waals surface area contributed by atoms with Crippen molar-refractivity contribution >= 4 is 23.6 Å². The van der Waals surface area contributed by atoms with E-state index in [0.717, 1.165) is 11.1 Å². The molecule has 4 aliphatic carbocycles. The summed E-state index contributed by atoms with van der Waals surface area (Å²) >= 11 is 0. The number of hydrogen-bond donors (Lipinski definition) is 0. The number of hydrogen-bond acceptors (Lipinski definition) is 4. The number of rotatable bonds is 4. The van der Waals surface area contributed by atoms with Crippen LogP contribution in [-0.4, -0.2) is 33.4 Å². The van der Waals surface area contributed by atoms with Crippen LogP contribution in [0.15, 0.2) is 72.8 Å². The molecule has 2 saturated carbocycles. The monoisotopic (exact) mass is 452 g/mol. The number of imide groups is 2. The molecule has 2 saturated heterocycles. The van der Waals surface area contributed by atoms with Gasteiger partial charge in [-0.3, -0.25) is 29.0 Å². The third-order valence-corrected chi connectivity index (χ3v) is 8.89. The maximum atomic E-state index is 13.5. The van der Waals surface area contributed by atoms with Crippen LogP contribution in [0.25, 0.3) is 0 Å². The Hall–Kier alpha value is -3.54. The van der Waals surface area contributed by atoms with Crippen molar-refractivity contribution in [2.75, 3.05) is 0 Å². The van der Waals surface area contributed by atoms with E-state index in [2.05, 4.69) is 12.2 Å². The first-order chi connectivity index (χ1) is 16.6. The van der Waals surface area contributed by atoms with Crippen LogP contribution in [0.4, 0.5) is 0 Å². The quantitative estimate of drug-likeness (QED) is 0.528. The molecule has 2 bridgehead atoms. The van der Waals surface area contributed by atoms with Gasteiger partial charge >= 0.3 is 0 Å². The van der Waals surface area contributed by atoms with Gasteiger partial charge in [0.15, 0.2) is 0 Å². The minimum absolute atomic E-state index is 0.0353. The molecular formula is C28H24N2O4. The van der Waals surface area contributed by atoms with Gasteiger partial charge < -0.3 is 0 Å². The summed E-state index contributed by atoms with van der Waals surface area (Å²) in [5.41, 5.74) is 1.85. The first kappa shape index (κ1) is 19.9. The van der Waals surface area contributed by atoms with E-state index in [-0.39, 0.29) is 72.2 Å². The molecule has 6 aliphatic rings. The van der Waals surface area contributed by atoms with E-state index in [0.29, 0.717) is 0 Å². The second-order valence-electron chi connectivity index (χ2n) is 10.3. The zero-order valence-corrected chi connectivity index (χ0v) is 18.5. The highest BCUT2D eigenvalue weighted by Gasteiger charge is 2.74. The van der Waals surface area contributed by atoms with Crippen LogP contribution in [0.5, 0.6) is 0 Å². The molecule has 4 amide bonds. The molecule has 6 heteroatoms. The summed E-state index contributed by atoms with van der Waals surface area (Å²) in [5.74, 6) is -2.45. The van der Waals surface area contributed by atoms with E-state index in [4.69, 9.17) is 0 Å². The Balaban J connectivity index is 1.18. The molecule has 2 aromatic rings. The number of fused-ring (bicyclic) bond motifs is 1. The number of benzene rings is 2. The van der Waals surface area contributed by atoms with E-state index >= 15 is 0 Å². The molecule has 0 unspecified atom stereocenters. The minimum atomic E-state index is -0.417. The van der Waals surface area contributed by atoms with Crippen molar-refractivity contribution in [3.8, 4) is 0 Å². The molecular weight excluding hydrogens is 428 g/mol. The van der Waals surface area contributed by atoms with E-state index in [1.54, 1.807) is 0 Å². The van der Waals surface area contributed by atoms with Gasteiger partial charge in [0.2, 0.25) is 23.6 Å². The Morgan fingerprint density at radius 2 is 0.853 bits per heavy atom. The molecule has 0 N–H and O–H groups in total. The second kappa shape index (κ2) is 6.98. The number of allylic oxidation sites excluding steroid dienone is 2. The van der Waals surface area contributed by atoms with Gasteiger partial charge in [-0.15, -0.1) is 0 Å². The van der Waals surface area contributed by atoms with Crippen molar-refractivity contribution in [1.82, 2.24) is 9.80 Å². The van der Waals surface area contributed by atoms with Gasteiger partial charge in [0.1, 0.15) is 0 Å². The van der Waals surface area contributed by atoms with E-state index < -0.39 is 11.8 Å². The van der Waals surface area contributed by atoms with Gasteiger partial charge in [-0.2, -0.15) is 0 Å². The topological polar surface area (TPSA) is 74.8 Å². The first-order valence-corrected chi connectivity index (χ1v) is 12.0. The molecule has 34 heavy (non-hydrogen) atoms. The summed E-state index contributed by atoms with van der Waals surface area (Å²) in [5, 5.41) is 0. The highest BCUT2D eigenvalue weighted by molar-refractivity contribution is 6.09. The molecule has 8 rings (SSSR count). The van der Waals surface area contributed by atoms with Gasteiger partial charge in [0.05, 0.1) is 36.8 Å². The fourth-order valence-electron chi connectivity index (χ4n) is 7.57. The van der Waals surface area contributed by atoms with E-state index in [1.165, 1.54) is 9.80 Å². The first-order valence-electron chi connectivity index (χ1n) is 12.0. The Kier molecular flexibility index (Phi) is 4.08. The van der Waals surface area contributed by atoms with Gasteiger partial charge in [0, 0.05) is 0 Å². The third-order valence-electron chi connectivity index (χ3n) is 8.89. The van der Waals surface area contributed by atoms with Crippen LogP contribution in [0.2, 0.25) is 0 Å². The smallest absolute Gasteiger partial charge is 0.234 e. The number of nitrogens with zero attached hydrogens (tertiary/aromatic N) is 2. The van der Waals surface area contributed by atoms with Crippen LogP contribution in [0.3, 0.4) is 0 Å². The van der Waals surface area contributed by atoms with Crippen LogP contribution >= 0.6 is 0 Å². The van der Waals surface area contributed by atoms with E-state index in [1.807, 2.05) is 60.7 Å². The lowest BCUT2D eigenvalue weighted by Gasteiger charge is -2.60. The lowest BCUT2D eigenvalue weighted by Crippen LogP contribution is -2.63. The highest BCUT2D eigenvalue weighted by atomic mass is 16.2. The predicted octanol–water partition coefficient (Wildman–Crippen LogP) is 2.65. The Bertz CT molecular complexity index is 1200.